The maximum atomic E-state index is 11.0. The van der Waals surface area contributed by atoms with Crippen molar-refractivity contribution in [2.45, 2.75) is 51.4 Å². The smallest absolute Gasteiger partial charge is 0.330 e. The van der Waals surface area contributed by atoms with Gasteiger partial charge in [-0.2, -0.15) is 10.2 Å². The Bertz CT molecular complexity index is 921. The predicted molar refractivity (Wildman–Crippen MR) is 147 cm³/mol. The zero-order valence-electron chi connectivity index (χ0n) is 22.0. The number of hydrogen-bond acceptors (Lipinski definition) is 8. The van der Waals surface area contributed by atoms with E-state index in [9.17, 15) is 9.59 Å². The number of nitrogens with zero attached hydrogens (tertiary/aromatic N) is 2. The molecule has 8 nitrogen and oxygen atoms in total. The summed E-state index contributed by atoms with van der Waals surface area (Å²) in [5, 5.41) is 8.56. The minimum Gasteiger partial charge on any atom is -0.494 e. The van der Waals surface area contributed by atoms with Crippen LogP contribution in [0.2, 0.25) is 0 Å². The molecule has 0 unspecified atom stereocenters. The Hall–Kier alpha value is -3.94. The molecule has 0 radical (unpaired) electrons. The maximum absolute atomic E-state index is 11.0. The van der Waals surface area contributed by atoms with E-state index in [0.29, 0.717) is 26.4 Å². The van der Waals surface area contributed by atoms with Gasteiger partial charge in [-0.3, -0.25) is 0 Å². The number of rotatable bonds is 20. The molecule has 0 aliphatic heterocycles. The Balaban J connectivity index is 1.57. The molecule has 2 rings (SSSR count). The zero-order chi connectivity index (χ0) is 27.3. The third kappa shape index (κ3) is 14.0. The van der Waals surface area contributed by atoms with Crippen molar-refractivity contribution in [1.82, 2.24) is 0 Å². The summed E-state index contributed by atoms with van der Waals surface area (Å²) in [4.78, 5) is 21.9. The number of carbonyl (C=O) groups excluding carboxylic acids is 2. The Kier molecular flexibility index (Phi) is 15.3. The van der Waals surface area contributed by atoms with Crippen LogP contribution in [0.25, 0.3) is 0 Å². The first kappa shape index (κ1) is 30.3. The van der Waals surface area contributed by atoms with Crippen molar-refractivity contribution in [1.29, 1.82) is 0 Å². The van der Waals surface area contributed by atoms with Crippen molar-refractivity contribution in [3.63, 3.8) is 0 Å². The van der Waals surface area contributed by atoms with Gasteiger partial charge in [0.1, 0.15) is 11.5 Å². The van der Waals surface area contributed by atoms with Gasteiger partial charge in [0, 0.05) is 12.2 Å². The first-order valence-electron chi connectivity index (χ1n) is 13.1. The van der Waals surface area contributed by atoms with Crippen LogP contribution < -0.4 is 9.47 Å². The quantitative estimate of drug-likeness (QED) is 0.0776. The van der Waals surface area contributed by atoms with E-state index in [1.54, 1.807) is 0 Å². The normalized spacial score (nSPS) is 10.6. The number of ether oxygens (including phenoxy) is 4. The van der Waals surface area contributed by atoms with Crippen molar-refractivity contribution in [2.75, 3.05) is 26.4 Å². The fraction of sp³-hybridized carbons (Fsp3) is 0.400. The molecule has 0 atom stereocenters. The maximum Gasteiger partial charge on any atom is 0.330 e. The highest BCUT2D eigenvalue weighted by molar-refractivity contribution is 5.81. The van der Waals surface area contributed by atoms with Gasteiger partial charge in [-0.15, -0.1) is 0 Å². The standard InChI is InChI=1S/C30H38N2O6/c1-3-29(33)37-23-11-7-5-9-21-35-27-17-13-25(14-18-27)31-32-26-15-19-28(20-16-26)36-22-10-6-8-12-24-38-30(34)4-2/h3-4,13-20H,1-2,5-12,21-24H2. The number of benzene rings is 2. The van der Waals surface area contributed by atoms with E-state index in [-0.39, 0.29) is 11.9 Å². The second kappa shape index (κ2) is 19.2. The van der Waals surface area contributed by atoms with Gasteiger partial charge in [0.05, 0.1) is 37.8 Å². The van der Waals surface area contributed by atoms with E-state index in [1.165, 1.54) is 12.2 Å². The molecule has 0 aromatic heterocycles. The molecule has 2 aromatic rings. The molecule has 0 heterocycles. The van der Waals surface area contributed by atoms with Crippen LogP contribution in [0.4, 0.5) is 11.4 Å². The van der Waals surface area contributed by atoms with Gasteiger partial charge in [0.15, 0.2) is 0 Å². The molecule has 38 heavy (non-hydrogen) atoms. The lowest BCUT2D eigenvalue weighted by Crippen LogP contribution is -2.02. The molecule has 0 N–H and O–H groups in total. The third-order valence-corrected chi connectivity index (χ3v) is 5.39. The average Bonchev–Trinajstić information content (AvgIpc) is 2.95. The molecule has 0 saturated carbocycles. The second-order valence-corrected chi connectivity index (χ2v) is 8.46. The van der Waals surface area contributed by atoms with Crippen LogP contribution in [0.5, 0.6) is 11.5 Å². The molecule has 0 spiro atoms. The highest BCUT2D eigenvalue weighted by Gasteiger charge is 2.00. The van der Waals surface area contributed by atoms with Crippen LogP contribution in [0.15, 0.2) is 84.1 Å². The van der Waals surface area contributed by atoms with Crippen molar-refractivity contribution in [3.05, 3.63) is 73.8 Å². The lowest BCUT2D eigenvalue weighted by Gasteiger charge is -2.07. The number of unbranched alkanes of at least 4 members (excludes halogenated alkanes) is 6. The largest absolute Gasteiger partial charge is 0.494 e. The van der Waals surface area contributed by atoms with E-state index < -0.39 is 0 Å². The molecule has 0 amide bonds. The zero-order valence-corrected chi connectivity index (χ0v) is 22.0. The number of esters is 2. The summed E-state index contributed by atoms with van der Waals surface area (Å²) < 4.78 is 21.4. The topological polar surface area (TPSA) is 95.8 Å². The minimum atomic E-state index is -0.374. The Morgan fingerprint density at radius 2 is 0.895 bits per heavy atom. The minimum absolute atomic E-state index is 0.374. The van der Waals surface area contributed by atoms with Gasteiger partial charge in [0.25, 0.3) is 0 Å². The highest BCUT2D eigenvalue weighted by Crippen LogP contribution is 2.23. The Morgan fingerprint density at radius 3 is 1.24 bits per heavy atom. The van der Waals surface area contributed by atoms with E-state index in [2.05, 4.69) is 23.4 Å². The Labute approximate surface area is 225 Å². The SMILES string of the molecule is C=CC(=O)OCCCCCCOc1ccc(N=Nc2ccc(OCCCCCCOC(=O)C=C)cc2)cc1. The molecule has 2 aromatic carbocycles. The van der Waals surface area contributed by atoms with Crippen LogP contribution in [0, 0.1) is 0 Å². The van der Waals surface area contributed by atoms with E-state index in [0.717, 1.165) is 74.2 Å². The fourth-order valence-corrected chi connectivity index (χ4v) is 3.29. The van der Waals surface area contributed by atoms with Crippen LogP contribution in [0.3, 0.4) is 0 Å². The lowest BCUT2D eigenvalue weighted by molar-refractivity contribution is -0.138. The molecule has 8 heteroatoms. The molecule has 204 valence electrons. The highest BCUT2D eigenvalue weighted by atomic mass is 16.5. The van der Waals surface area contributed by atoms with Crippen molar-refractivity contribution >= 4 is 23.3 Å². The fourth-order valence-electron chi connectivity index (χ4n) is 3.29. The van der Waals surface area contributed by atoms with Gasteiger partial charge in [-0.25, -0.2) is 9.59 Å². The number of hydrogen-bond donors (Lipinski definition) is 0. The molecule has 0 fully saturated rings. The molecule has 0 bridgehead atoms. The summed E-state index contributed by atoms with van der Waals surface area (Å²) in [7, 11) is 0. The monoisotopic (exact) mass is 522 g/mol. The second-order valence-electron chi connectivity index (χ2n) is 8.46. The van der Waals surface area contributed by atoms with Crippen molar-refractivity contribution < 1.29 is 28.5 Å². The first-order chi connectivity index (χ1) is 18.6. The van der Waals surface area contributed by atoms with Gasteiger partial charge < -0.3 is 18.9 Å². The summed E-state index contributed by atoms with van der Waals surface area (Å²) in [6, 6.07) is 15.0. The predicted octanol–water partition coefficient (Wildman–Crippen LogP) is 7.44. The van der Waals surface area contributed by atoms with Crippen LogP contribution in [-0.2, 0) is 19.1 Å². The summed E-state index contributed by atoms with van der Waals surface area (Å²) in [6.45, 7) is 8.86. The number of azo groups is 1. The first-order valence-corrected chi connectivity index (χ1v) is 13.1. The average molecular weight is 523 g/mol. The lowest BCUT2D eigenvalue weighted by atomic mass is 10.2. The van der Waals surface area contributed by atoms with Crippen molar-refractivity contribution in [2.24, 2.45) is 10.2 Å². The van der Waals surface area contributed by atoms with Gasteiger partial charge >= 0.3 is 11.9 Å². The van der Waals surface area contributed by atoms with E-state index in [1.807, 2.05) is 48.5 Å². The van der Waals surface area contributed by atoms with Gasteiger partial charge in [0.2, 0.25) is 0 Å². The van der Waals surface area contributed by atoms with Gasteiger partial charge in [-0.1, -0.05) is 13.2 Å². The molecular weight excluding hydrogens is 484 g/mol. The number of carbonyl (C=O) groups is 2. The van der Waals surface area contributed by atoms with Crippen LogP contribution >= 0.6 is 0 Å². The summed E-state index contributed by atoms with van der Waals surface area (Å²) in [5.74, 6) is 0.839. The van der Waals surface area contributed by atoms with Gasteiger partial charge in [-0.05, 0) is 99.9 Å². The Morgan fingerprint density at radius 1 is 0.553 bits per heavy atom. The van der Waals surface area contributed by atoms with Crippen molar-refractivity contribution in [3.8, 4) is 11.5 Å². The third-order valence-electron chi connectivity index (χ3n) is 5.39. The van der Waals surface area contributed by atoms with E-state index in [4.69, 9.17) is 18.9 Å². The van der Waals surface area contributed by atoms with Crippen LogP contribution in [0.1, 0.15) is 51.4 Å². The molecular formula is C30H38N2O6. The summed E-state index contributed by atoms with van der Waals surface area (Å²) >= 11 is 0. The molecule has 0 aliphatic rings. The summed E-state index contributed by atoms with van der Waals surface area (Å²) in [6.07, 6.45) is 9.90. The molecule has 0 saturated heterocycles. The molecule has 0 aliphatic carbocycles. The van der Waals surface area contributed by atoms with Crippen LogP contribution in [-0.4, -0.2) is 38.4 Å². The summed E-state index contributed by atoms with van der Waals surface area (Å²) in [5.41, 5.74) is 1.48. The van der Waals surface area contributed by atoms with E-state index >= 15 is 0 Å².